The minimum Gasteiger partial charge on any atom is -0.348 e. The monoisotopic (exact) mass is 269 g/mol. The second-order valence-electron chi connectivity index (χ2n) is 4.90. The third kappa shape index (κ3) is 3.23. The van der Waals surface area contributed by atoms with Gasteiger partial charge in [0.25, 0.3) is 0 Å². The van der Waals surface area contributed by atoms with Gasteiger partial charge in [-0.3, -0.25) is 0 Å². The average Bonchev–Trinajstić information content (AvgIpc) is 2.83. The van der Waals surface area contributed by atoms with E-state index in [-0.39, 0.29) is 0 Å². The molecule has 1 aromatic heterocycles. The molecule has 0 saturated carbocycles. The number of nitrogens with zero attached hydrogens (tertiary/aromatic N) is 2. The van der Waals surface area contributed by atoms with Gasteiger partial charge in [0.15, 0.2) is 5.13 Å². The van der Waals surface area contributed by atoms with Crippen molar-refractivity contribution in [1.29, 1.82) is 0 Å². The lowest BCUT2D eigenvalue weighted by atomic mass is 10.0. The molecule has 18 heavy (non-hydrogen) atoms. The van der Waals surface area contributed by atoms with E-state index in [4.69, 9.17) is 10.7 Å². The van der Waals surface area contributed by atoms with Crippen LogP contribution in [0, 0.1) is 0 Å². The van der Waals surface area contributed by atoms with Gasteiger partial charge in [-0.25, -0.2) is 4.98 Å². The van der Waals surface area contributed by atoms with Crippen LogP contribution in [0.25, 0.3) is 0 Å². The van der Waals surface area contributed by atoms with E-state index in [1.165, 1.54) is 10.6 Å². The highest BCUT2D eigenvalue weighted by Crippen LogP contribution is 2.32. The molecule has 2 N–H and O–H groups in total. The summed E-state index contributed by atoms with van der Waals surface area (Å²) in [6.07, 6.45) is 3.43. The van der Waals surface area contributed by atoms with Crippen LogP contribution in [0.1, 0.15) is 63.4 Å². The van der Waals surface area contributed by atoms with Crippen LogP contribution in [0.3, 0.4) is 0 Å². The quantitative estimate of drug-likeness (QED) is 0.820. The van der Waals surface area contributed by atoms with E-state index in [0.29, 0.717) is 18.5 Å². The lowest BCUT2D eigenvalue weighted by Crippen LogP contribution is -2.30. The fraction of sp³-hybridized carbons (Fsp3) is 0.786. The van der Waals surface area contributed by atoms with E-state index in [1.54, 1.807) is 11.3 Å². The number of hydrogen-bond donors (Lipinski definition) is 1. The van der Waals surface area contributed by atoms with E-state index < -0.39 is 0 Å². The van der Waals surface area contributed by atoms with E-state index >= 15 is 0 Å². The highest BCUT2D eigenvalue weighted by Gasteiger charge is 2.19. The lowest BCUT2D eigenvalue weighted by Gasteiger charge is -2.25. The zero-order chi connectivity index (χ0) is 13.7. The smallest absolute Gasteiger partial charge is 0.185 e. The second kappa shape index (κ2) is 7.10. The minimum atomic E-state index is 0.503. The maximum atomic E-state index is 5.85. The molecule has 1 atom stereocenters. The highest BCUT2D eigenvalue weighted by atomic mass is 32.1. The van der Waals surface area contributed by atoms with Crippen LogP contribution in [0.15, 0.2) is 0 Å². The molecule has 0 amide bonds. The molecule has 3 nitrogen and oxygen atoms in total. The second-order valence-corrected chi connectivity index (χ2v) is 5.96. The average molecular weight is 269 g/mol. The molecule has 1 aromatic rings. The zero-order valence-corrected chi connectivity index (χ0v) is 13.2. The Balaban J connectivity index is 3.00. The number of hydrogen-bond acceptors (Lipinski definition) is 4. The van der Waals surface area contributed by atoms with E-state index in [1.807, 2.05) is 0 Å². The molecule has 1 heterocycles. The molecule has 0 fully saturated rings. The van der Waals surface area contributed by atoms with Gasteiger partial charge in [0.2, 0.25) is 0 Å². The first kappa shape index (κ1) is 15.4. The Hall–Kier alpha value is -0.610. The molecular weight excluding hydrogens is 242 g/mol. The molecular formula is C14H27N3S. The third-order valence-corrected chi connectivity index (χ3v) is 4.96. The summed E-state index contributed by atoms with van der Waals surface area (Å²) < 4.78 is 0. The molecule has 0 saturated heterocycles. The number of nitrogens with two attached hydrogens (primary N) is 1. The van der Waals surface area contributed by atoms with Crippen LogP contribution < -0.4 is 10.6 Å². The van der Waals surface area contributed by atoms with Crippen LogP contribution in [0.5, 0.6) is 0 Å². The van der Waals surface area contributed by atoms with Crippen molar-refractivity contribution in [3.8, 4) is 0 Å². The Bertz CT molecular complexity index is 358. The van der Waals surface area contributed by atoms with E-state index in [0.717, 1.165) is 24.4 Å². The summed E-state index contributed by atoms with van der Waals surface area (Å²) >= 11 is 1.76. The fourth-order valence-corrected chi connectivity index (χ4v) is 3.31. The molecule has 104 valence electrons. The van der Waals surface area contributed by atoms with Crippen molar-refractivity contribution in [1.82, 2.24) is 4.98 Å². The van der Waals surface area contributed by atoms with Crippen LogP contribution in [-0.2, 0) is 6.54 Å². The van der Waals surface area contributed by atoms with Crippen molar-refractivity contribution in [2.45, 2.75) is 65.5 Å². The van der Waals surface area contributed by atoms with Crippen molar-refractivity contribution >= 4 is 16.5 Å². The van der Waals surface area contributed by atoms with Gasteiger partial charge in [0, 0.05) is 24.5 Å². The molecule has 0 aromatic carbocycles. The Morgan fingerprint density at radius 1 is 1.22 bits per heavy atom. The van der Waals surface area contributed by atoms with Gasteiger partial charge in [0.05, 0.1) is 5.69 Å². The topological polar surface area (TPSA) is 42.2 Å². The standard InChI is InChI=1S/C14H27N3S/c1-6-10(4)13-12(9-15)18-14(16-13)17(5)11(7-2)8-3/h10-11H,6-9,15H2,1-5H3. The van der Waals surface area contributed by atoms with Gasteiger partial charge in [0.1, 0.15) is 0 Å². The SMILES string of the molecule is CCC(C)c1nc(N(C)C(CC)CC)sc1CN. The highest BCUT2D eigenvalue weighted by molar-refractivity contribution is 7.15. The molecule has 4 heteroatoms. The van der Waals surface area contributed by atoms with Crippen molar-refractivity contribution in [3.63, 3.8) is 0 Å². The Labute approximate surface area is 115 Å². The van der Waals surface area contributed by atoms with Gasteiger partial charge < -0.3 is 10.6 Å². The largest absolute Gasteiger partial charge is 0.348 e. The summed E-state index contributed by atoms with van der Waals surface area (Å²) in [5, 5.41) is 1.12. The molecule has 0 radical (unpaired) electrons. The molecule has 0 aliphatic carbocycles. The van der Waals surface area contributed by atoms with Gasteiger partial charge in [-0.15, -0.1) is 11.3 Å². The minimum absolute atomic E-state index is 0.503. The van der Waals surface area contributed by atoms with Crippen molar-refractivity contribution in [3.05, 3.63) is 10.6 Å². The lowest BCUT2D eigenvalue weighted by molar-refractivity contribution is 0.589. The molecule has 1 rings (SSSR count). The van der Waals surface area contributed by atoms with Gasteiger partial charge in [-0.1, -0.05) is 27.7 Å². The Morgan fingerprint density at radius 3 is 2.28 bits per heavy atom. The summed E-state index contributed by atoms with van der Waals surface area (Å²) in [4.78, 5) is 8.40. The summed E-state index contributed by atoms with van der Waals surface area (Å²) in [5.41, 5.74) is 7.06. The third-order valence-electron chi connectivity index (χ3n) is 3.77. The zero-order valence-electron chi connectivity index (χ0n) is 12.4. The maximum Gasteiger partial charge on any atom is 0.185 e. The molecule has 0 aliphatic heterocycles. The molecule has 0 spiro atoms. The number of thiazole rings is 1. The first-order valence-electron chi connectivity index (χ1n) is 7.01. The Morgan fingerprint density at radius 2 is 1.83 bits per heavy atom. The normalized spacial score (nSPS) is 13.1. The first-order valence-corrected chi connectivity index (χ1v) is 7.82. The van der Waals surface area contributed by atoms with Crippen LogP contribution in [-0.4, -0.2) is 18.1 Å². The van der Waals surface area contributed by atoms with Crippen LogP contribution in [0.4, 0.5) is 5.13 Å². The Kier molecular flexibility index (Phi) is 6.09. The van der Waals surface area contributed by atoms with Gasteiger partial charge in [-0.05, 0) is 25.2 Å². The van der Waals surface area contributed by atoms with Crippen molar-refractivity contribution in [2.75, 3.05) is 11.9 Å². The predicted molar refractivity (Wildman–Crippen MR) is 81.5 cm³/mol. The maximum absolute atomic E-state index is 5.85. The van der Waals surface area contributed by atoms with Crippen molar-refractivity contribution in [2.24, 2.45) is 5.73 Å². The van der Waals surface area contributed by atoms with Gasteiger partial charge >= 0.3 is 0 Å². The molecule has 1 unspecified atom stereocenters. The molecule has 0 bridgehead atoms. The number of anilines is 1. The predicted octanol–water partition coefficient (Wildman–Crippen LogP) is 3.74. The number of aromatic nitrogens is 1. The molecule has 0 aliphatic rings. The summed E-state index contributed by atoms with van der Waals surface area (Å²) in [6.45, 7) is 9.51. The van der Waals surface area contributed by atoms with Crippen molar-refractivity contribution < 1.29 is 0 Å². The fourth-order valence-electron chi connectivity index (χ4n) is 2.22. The van der Waals surface area contributed by atoms with E-state index in [9.17, 15) is 0 Å². The summed E-state index contributed by atoms with van der Waals surface area (Å²) in [5.74, 6) is 0.503. The number of rotatable bonds is 7. The van der Waals surface area contributed by atoms with Gasteiger partial charge in [-0.2, -0.15) is 0 Å². The van der Waals surface area contributed by atoms with Crippen LogP contribution >= 0.6 is 11.3 Å². The van der Waals surface area contributed by atoms with E-state index in [2.05, 4.69) is 39.6 Å². The summed E-state index contributed by atoms with van der Waals surface area (Å²) in [7, 11) is 2.15. The first-order chi connectivity index (χ1) is 8.58. The summed E-state index contributed by atoms with van der Waals surface area (Å²) in [6, 6.07) is 0.576. The van der Waals surface area contributed by atoms with Crippen LogP contribution in [0.2, 0.25) is 0 Å².